The van der Waals surface area contributed by atoms with Crippen LogP contribution in [0.15, 0.2) is 0 Å². The third kappa shape index (κ3) is 1.97. The largest absolute Gasteiger partial charge is 0.394 e. The Morgan fingerprint density at radius 3 is 2.25 bits per heavy atom. The predicted molar refractivity (Wildman–Crippen MR) is 45.8 cm³/mol. The predicted octanol–water partition coefficient (Wildman–Crippen LogP) is 0.543. The third-order valence-corrected chi connectivity index (χ3v) is 2.37. The van der Waals surface area contributed by atoms with Crippen LogP contribution >= 0.6 is 0 Å². The quantitative estimate of drug-likeness (QED) is 0.610. The molecule has 0 aromatic carbocycles. The molecule has 0 amide bonds. The first-order valence-corrected chi connectivity index (χ1v) is 4.39. The smallest absolute Gasteiger partial charge is 0.107 e. The fraction of sp³-hybridized carbons (Fsp3) is 1.00. The van der Waals surface area contributed by atoms with Crippen molar-refractivity contribution >= 4 is 0 Å². The van der Waals surface area contributed by atoms with Gasteiger partial charge in [-0.1, -0.05) is 20.8 Å². The second kappa shape index (κ2) is 3.32. The molecule has 1 rings (SSSR count). The first kappa shape index (κ1) is 9.96. The molecule has 1 unspecified atom stereocenters. The van der Waals surface area contributed by atoms with Crippen molar-refractivity contribution in [2.45, 2.75) is 45.5 Å². The van der Waals surface area contributed by atoms with Crippen molar-refractivity contribution in [1.82, 2.24) is 0 Å². The molecule has 0 spiro atoms. The molecule has 0 aliphatic carbocycles. The molecular weight excluding hydrogens is 156 g/mol. The molecular formula is C9H18O3. The lowest BCUT2D eigenvalue weighted by molar-refractivity contribution is -0.0526. The van der Waals surface area contributed by atoms with Crippen LogP contribution in [0, 0.1) is 5.41 Å². The molecule has 3 atom stereocenters. The van der Waals surface area contributed by atoms with Crippen LogP contribution in [0.2, 0.25) is 0 Å². The van der Waals surface area contributed by atoms with Crippen molar-refractivity contribution in [3.8, 4) is 0 Å². The van der Waals surface area contributed by atoms with Crippen molar-refractivity contribution < 1.29 is 14.9 Å². The minimum Gasteiger partial charge on any atom is -0.394 e. The highest BCUT2D eigenvalue weighted by molar-refractivity contribution is 4.87. The lowest BCUT2D eigenvalue weighted by Crippen LogP contribution is -2.27. The van der Waals surface area contributed by atoms with Gasteiger partial charge >= 0.3 is 0 Å². The Balaban J connectivity index is 2.54. The standard InChI is InChI=1S/C9H18O3/c1-9(2,3)8-4-6(11)7(5-10)12-8/h6-8,10-11H,4-5H2,1-3H3/t6?,7-,8-/m1/s1. The minimum absolute atomic E-state index is 0.0465. The van der Waals surface area contributed by atoms with Crippen LogP contribution in [-0.4, -0.2) is 35.1 Å². The SMILES string of the molecule is CC(C)(C)[C@H]1CC(O)[C@@H](CO)O1. The van der Waals surface area contributed by atoms with E-state index < -0.39 is 6.10 Å². The molecule has 3 heteroatoms. The summed E-state index contributed by atoms with van der Waals surface area (Å²) in [6.45, 7) is 6.13. The van der Waals surface area contributed by atoms with E-state index >= 15 is 0 Å². The average molecular weight is 174 g/mol. The van der Waals surface area contributed by atoms with Gasteiger partial charge in [-0.25, -0.2) is 0 Å². The summed E-state index contributed by atoms with van der Waals surface area (Å²) in [5.41, 5.74) is 0.0465. The van der Waals surface area contributed by atoms with Gasteiger partial charge in [-0.3, -0.25) is 0 Å². The molecule has 0 aromatic rings. The summed E-state index contributed by atoms with van der Waals surface area (Å²) in [5, 5.41) is 18.3. The lowest BCUT2D eigenvalue weighted by Gasteiger charge is -2.26. The van der Waals surface area contributed by atoms with E-state index in [9.17, 15) is 5.11 Å². The number of rotatable bonds is 1. The van der Waals surface area contributed by atoms with Gasteiger partial charge in [0.05, 0.1) is 18.8 Å². The van der Waals surface area contributed by atoms with Gasteiger partial charge in [-0.2, -0.15) is 0 Å². The van der Waals surface area contributed by atoms with Crippen LogP contribution < -0.4 is 0 Å². The molecule has 12 heavy (non-hydrogen) atoms. The maximum absolute atomic E-state index is 9.44. The fourth-order valence-electron chi connectivity index (χ4n) is 1.45. The molecule has 0 radical (unpaired) electrons. The third-order valence-electron chi connectivity index (χ3n) is 2.37. The van der Waals surface area contributed by atoms with Gasteiger partial charge < -0.3 is 14.9 Å². The van der Waals surface area contributed by atoms with Gasteiger partial charge in [0.2, 0.25) is 0 Å². The first-order valence-electron chi connectivity index (χ1n) is 4.39. The number of hydrogen-bond acceptors (Lipinski definition) is 3. The van der Waals surface area contributed by atoms with E-state index in [1.54, 1.807) is 0 Å². The maximum Gasteiger partial charge on any atom is 0.107 e. The summed E-state index contributed by atoms with van der Waals surface area (Å²) >= 11 is 0. The van der Waals surface area contributed by atoms with E-state index in [2.05, 4.69) is 20.8 Å². The summed E-state index contributed by atoms with van der Waals surface area (Å²) in [4.78, 5) is 0. The molecule has 2 N–H and O–H groups in total. The van der Waals surface area contributed by atoms with Crippen LogP contribution in [0.5, 0.6) is 0 Å². The molecule has 0 saturated carbocycles. The highest BCUT2D eigenvalue weighted by atomic mass is 16.5. The zero-order valence-electron chi connectivity index (χ0n) is 7.95. The normalized spacial score (nSPS) is 37.2. The molecule has 72 valence electrons. The summed E-state index contributed by atoms with van der Waals surface area (Å²) in [7, 11) is 0. The Kier molecular flexibility index (Phi) is 2.76. The van der Waals surface area contributed by atoms with E-state index in [0.717, 1.165) is 0 Å². The van der Waals surface area contributed by atoms with Crippen molar-refractivity contribution in [3.63, 3.8) is 0 Å². The summed E-state index contributed by atoms with van der Waals surface area (Å²) in [5.74, 6) is 0. The van der Waals surface area contributed by atoms with Crippen molar-refractivity contribution in [1.29, 1.82) is 0 Å². The molecule has 0 bridgehead atoms. The first-order chi connectivity index (χ1) is 5.45. The van der Waals surface area contributed by atoms with Gasteiger partial charge in [0.25, 0.3) is 0 Å². The van der Waals surface area contributed by atoms with Gasteiger partial charge in [0.1, 0.15) is 6.10 Å². The fourth-order valence-corrected chi connectivity index (χ4v) is 1.45. The van der Waals surface area contributed by atoms with Crippen molar-refractivity contribution in [2.75, 3.05) is 6.61 Å². The Morgan fingerprint density at radius 2 is 2.00 bits per heavy atom. The Morgan fingerprint density at radius 1 is 1.42 bits per heavy atom. The molecule has 1 saturated heterocycles. The Hall–Kier alpha value is -0.120. The zero-order valence-corrected chi connectivity index (χ0v) is 7.95. The van der Waals surface area contributed by atoms with E-state index in [1.807, 2.05) is 0 Å². The molecule has 3 nitrogen and oxygen atoms in total. The van der Waals surface area contributed by atoms with Crippen molar-refractivity contribution in [3.05, 3.63) is 0 Å². The monoisotopic (exact) mass is 174 g/mol. The van der Waals surface area contributed by atoms with Crippen LogP contribution in [0.3, 0.4) is 0 Å². The topological polar surface area (TPSA) is 49.7 Å². The molecule has 1 aliphatic heterocycles. The van der Waals surface area contributed by atoms with Crippen molar-refractivity contribution in [2.24, 2.45) is 5.41 Å². The Bertz CT molecular complexity index is 150. The molecule has 0 aromatic heterocycles. The molecule has 1 heterocycles. The molecule has 1 aliphatic rings. The van der Waals surface area contributed by atoms with Crippen LogP contribution in [-0.2, 0) is 4.74 Å². The number of ether oxygens (including phenoxy) is 1. The zero-order chi connectivity index (χ0) is 9.35. The maximum atomic E-state index is 9.44. The Labute approximate surface area is 73.4 Å². The summed E-state index contributed by atoms with van der Waals surface area (Å²) < 4.78 is 5.49. The lowest BCUT2D eigenvalue weighted by atomic mass is 9.87. The van der Waals surface area contributed by atoms with Gasteiger partial charge in [0, 0.05) is 6.42 Å². The van der Waals surface area contributed by atoms with E-state index in [0.29, 0.717) is 6.42 Å². The second-order valence-electron chi connectivity index (χ2n) is 4.51. The van der Waals surface area contributed by atoms with Gasteiger partial charge in [-0.15, -0.1) is 0 Å². The van der Waals surface area contributed by atoms with Crippen LogP contribution in [0.4, 0.5) is 0 Å². The van der Waals surface area contributed by atoms with Gasteiger partial charge in [0.15, 0.2) is 0 Å². The highest BCUT2D eigenvalue weighted by Gasteiger charge is 2.39. The van der Waals surface area contributed by atoms with E-state index in [-0.39, 0.29) is 24.2 Å². The van der Waals surface area contributed by atoms with E-state index in [1.165, 1.54) is 0 Å². The van der Waals surface area contributed by atoms with E-state index in [4.69, 9.17) is 9.84 Å². The average Bonchev–Trinajstić information content (AvgIpc) is 2.29. The second-order valence-corrected chi connectivity index (χ2v) is 4.51. The summed E-state index contributed by atoms with van der Waals surface area (Å²) in [6, 6.07) is 0. The molecule has 1 fully saturated rings. The number of aliphatic hydroxyl groups excluding tert-OH is 2. The van der Waals surface area contributed by atoms with Gasteiger partial charge in [-0.05, 0) is 5.41 Å². The number of hydrogen-bond donors (Lipinski definition) is 2. The van der Waals surface area contributed by atoms with Crippen LogP contribution in [0.25, 0.3) is 0 Å². The van der Waals surface area contributed by atoms with Crippen LogP contribution in [0.1, 0.15) is 27.2 Å². The summed E-state index contributed by atoms with van der Waals surface area (Å²) in [6.07, 6.45) is -0.188. The minimum atomic E-state index is -0.501. The number of aliphatic hydroxyl groups is 2. The highest BCUT2D eigenvalue weighted by Crippen LogP contribution is 2.33.